The van der Waals surface area contributed by atoms with Crippen molar-refractivity contribution in [2.75, 3.05) is 13.1 Å². The summed E-state index contributed by atoms with van der Waals surface area (Å²) >= 11 is 0. The molecule has 1 aliphatic rings. The molecule has 1 fully saturated rings. The molecule has 2 amide bonds. The van der Waals surface area contributed by atoms with Crippen LogP contribution in [0.2, 0.25) is 0 Å². The Bertz CT molecular complexity index is 647. The Balaban J connectivity index is 2.06. The van der Waals surface area contributed by atoms with Crippen molar-refractivity contribution in [3.63, 3.8) is 0 Å². The molecule has 1 atom stereocenters. The number of aryl methyl sites for hydroxylation is 1. The largest absolute Gasteiger partial charge is 0.444 e. The number of carbonyl (C=O) groups is 2. The molecule has 0 aliphatic carbocycles. The van der Waals surface area contributed by atoms with Crippen molar-refractivity contribution in [2.24, 2.45) is 5.92 Å². The van der Waals surface area contributed by atoms with Crippen LogP contribution in [0.25, 0.3) is 0 Å². The van der Waals surface area contributed by atoms with E-state index in [1.165, 1.54) is 5.56 Å². The molecule has 150 valence electrons. The lowest BCUT2D eigenvalue weighted by Gasteiger charge is -2.37. The Morgan fingerprint density at radius 2 is 1.85 bits per heavy atom. The summed E-state index contributed by atoms with van der Waals surface area (Å²) in [4.78, 5) is 29.2. The van der Waals surface area contributed by atoms with Crippen LogP contribution in [0.1, 0.15) is 58.6 Å². The highest BCUT2D eigenvalue weighted by Gasteiger charge is 2.33. The highest BCUT2D eigenvalue weighted by Crippen LogP contribution is 2.23. The number of piperidine rings is 1. The summed E-state index contributed by atoms with van der Waals surface area (Å²) in [5, 5.41) is 0. The topological polar surface area (TPSA) is 49.9 Å². The van der Waals surface area contributed by atoms with Crippen LogP contribution in [0.3, 0.4) is 0 Å². The number of nitrogens with zero attached hydrogens (tertiary/aromatic N) is 2. The molecule has 2 rings (SSSR count). The zero-order valence-corrected chi connectivity index (χ0v) is 17.6. The number of likely N-dealkylation sites (tertiary alicyclic amines) is 1. The summed E-state index contributed by atoms with van der Waals surface area (Å²) in [5.74, 6) is -0.0436. The summed E-state index contributed by atoms with van der Waals surface area (Å²) in [6, 6.07) is 8.40. The number of benzene rings is 1. The van der Waals surface area contributed by atoms with E-state index in [4.69, 9.17) is 4.74 Å². The normalized spacial score (nSPS) is 17.7. The highest BCUT2D eigenvalue weighted by molar-refractivity contribution is 5.80. The molecule has 1 unspecified atom stereocenters. The molecule has 0 N–H and O–H groups in total. The van der Waals surface area contributed by atoms with Crippen molar-refractivity contribution in [2.45, 2.75) is 72.6 Å². The lowest BCUT2D eigenvalue weighted by atomic mass is 9.96. The van der Waals surface area contributed by atoms with E-state index in [1.54, 1.807) is 4.90 Å². The van der Waals surface area contributed by atoms with Gasteiger partial charge in [-0.25, -0.2) is 4.79 Å². The van der Waals surface area contributed by atoms with E-state index in [2.05, 4.69) is 31.2 Å². The standard InChI is InChI=1S/C22H34N2O3/c1-16(2)24(14-18-11-9-17(3)10-12-18)20(25)19-8-7-13-23(15-19)21(26)27-22(4,5)6/h9-12,16,19H,7-8,13-15H2,1-6H3. The van der Waals surface area contributed by atoms with Crippen LogP contribution in [0.15, 0.2) is 24.3 Å². The molecule has 5 heteroatoms. The molecule has 1 saturated heterocycles. The van der Waals surface area contributed by atoms with Gasteiger partial charge in [-0.15, -0.1) is 0 Å². The Morgan fingerprint density at radius 3 is 2.41 bits per heavy atom. The molecule has 0 aromatic heterocycles. The average Bonchev–Trinajstić information content (AvgIpc) is 2.59. The average molecular weight is 375 g/mol. The van der Waals surface area contributed by atoms with Gasteiger partial charge in [0.05, 0.1) is 5.92 Å². The number of ether oxygens (including phenoxy) is 1. The molecule has 0 saturated carbocycles. The molecule has 1 heterocycles. The highest BCUT2D eigenvalue weighted by atomic mass is 16.6. The SMILES string of the molecule is Cc1ccc(CN(C(=O)C2CCCN(C(=O)OC(C)(C)C)C2)C(C)C)cc1. The number of hydrogen-bond donors (Lipinski definition) is 0. The monoisotopic (exact) mass is 374 g/mol. The van der Waals surface area contributed by atoms with Gasteiger partial charge in [-0.1, -0.05) is 29.8 Å². The Kier molecular flexibility index (Phi) is 6.90. The third kappa shape index (κ3) is 6.26. The third-order valence-corrected chi connectivity index (χ3v) is 4.80. The van der Waals surface area contributed by atoms with Gasteiger partial charge in [-0.2, -0.15) is 0 Å². The van der Waals surface area contributed by atoms with E-state index >= 15 is 0 Å². The van der Waals surface area contributed by atoms with E-state index in [0.717, 1.165) is 18.4 Å². The van der Waals surface area contributed by atoms with Crippen molar-refractivity contribution < 1.29 is 14.3 Å². The first-order valence-electron chi connectivity index (χ1n) is 9.91. The van der Waals surface area contributed by atoms with Gasteiger partial charge in [0.1, 0.15) is 5.60 Å². The van der Waals surface area contributed by atoms with Crippen LogP contribution in [-0.4, -0.2) is 46.5 Å². The van der Waals surface area contributed by atoms with E-state index < -0.39 is 5.60 Å². The summed E-state index contributed by atoms with van der Waals surface area (Å²) in [5.41, 5.74) is 1.81. The van der Waals surface area contributed by atoms with E-state index in [-0.39, 0.29) is 24.0 Å². The first-order valence-corrected chi connectivity index (χ1v) is 9.91. The van der Waals surface area contributed by atoms with Crippen LogP contribution in [0, 0.1) is 12.8 Å². The van der Waals surface area contributed by atoms with Gasteiger partial charge >= 0.3 is 6.09 Å². The van der Waals surface area contributed by atoms with E-state index in [9.17, 15) is 9.59 Å². The Labute approximate surface area is 163 Å². The van der Waals surface area contributed by atoms with E-state index in [1.807, 2.05) is 39.5 Å². The van der Waals surface area contributed by atoms with Gasteiger partial charge in [-0.3, -0.25) is 4.79 Å². The lowest BCUT2D eigenvalue weighted by Crippen LogP contribution is -2.49. The number of amides is 2. The molecule has 27 heavy (non-hydrogen) atoms. The lowest BCUT2D eigenvalue weighted by molar-refractivity contribution is -0.139. The fourth-order valence-corrected chi connectivity index (χ4v) is 3.31. The predicted octanol–water partition coefficient (Wildman–Crippen LogP) is 4.38. The van der Waals surface area contributed by atoms with Gasteiger partial charge in [-0.05, 0) is 59.9 Å². The summed E-state index contributed by atoms with van der Waals surface area (Å²) in [6.45, 7) is 13.4. The maximum atomic E-state index is 13.2. The van der Waals surface area contributed by atoms with Gasteiger partial charge in [0, 0.05) is 25.7 Å². The summed E-state index contributed by atoms with van der Waals surface area (Å²) in [6.07, 6.45) is 1.32. The maximum absolute atomic E-state index is 13.2. The molecule has 0 radical (unpaired) electrons. The van der Waals surface area contributed by atoms with Crippen molar-refractivity contribution in [1.82, 2.24) is 9.80 Å². The third-order valence-electron chi connectivity index (χ3n) is 4.80. The number of hydrogen-bond acceptors (Lipinski definition) is 3. The second-order valence-corrected chi connectivity index (χ2v) is 8.81. The van der Waals surface area contributed by atoms with Gasteiger partial charge in [0.25, 0.3) is 0 Å². The van der Waals surface area contributed by atoms with Crippen LogP contribution in [0.4, 0.5) is 4.79 Å². The van der Waals surface area contributed by atoms with Gasteiger partial charge in [0.15, 0.2) is 0 Å². The predicted molar refractivity (Wildman–Crippen MR) is 107 cm³/mol. The van der Waals surface area contributed by atoms with E-state index in [0.29, 0.717) is 19.6 Å². The van der Waals surface area contributed by atoms with Gasteiger partial charge < -0.3 is 14.5 Å². The van der Waals surface area contributed by atoms with Crippen molar-refractivity contribution in [3.05, 3.63) is 35.4 Å². The van der Waals surface area contributed by atoms with Crippen LogP contribution < -0.4 is 0 Å². The molecule has 0 spiro atoms. The fraction of sp³-hybridized carbons (Fsp3) is 0.636. The first-order chi connectivity index (χ1) is 12.6. The molecule has 1 aromatic carbocycles. The molecule has 1 aromatic rings. The maximum Gasteiger partial charge on any atom is 0.410 e. The van der Waals surface area contributed by atoms with Crippen molar-refractivity contribution >= 4 is 12.0 Å². The first kappa shape index (κ1) is 21.3. The summed E-state index contributed by atoms with van der Waals surface area (Å²) < 4.78 is 5.48. The summed E-state index contributed by atoms with van der Waals surface area (Å²) in [7, 11) is 0. The quantitative estimate of drug-likeness (QED) is 0.786. The van der Waals surface area contributed by atoms with Crippen LogP contribution in [-0.2, 0) is 16.1 Å². The molecular weight excluding hydrogens is 340 g/mol. The Morgan fingerprint density at radius 1 is 1.22 bits per heavy atom. The smallest absolute Gasteiger partial charge is 0.410 e. The van der Waals surface area contributed by atoms with Crippen molar-refractivity contribution in [3.8, 4) is 0 Å². The second kappa shape index (κ2) is 8.77. The zero-order chi connectivity index (χ0) is 20.2. The minimum absolute atomic E-state index is 0.107. The van der Waals surface area contributed by atoms with Crippen LogP contribution >= 0.6 is 0 Å². The molecule has 5 nitrogen and oxygen atoms in total. The molecule has 0 bridgehead atoms. The zero-order valence-electron chi connectivity index (χ0n) is 17.6. The second-order valence-electron chi connectivity index (χ2n) is 8.81. The molecular formula is C22H34N2O3. The van der Waals surface area contributed by atoms with Crippen LogP contribution in [0.5, 0.6) is 0 Å². The minimum atomic E-state index is -0.524. The molecule has 1 aliphatic heterocycles. The van der Waals surface area contributed by atoms with Gasteiger partial charge in [0.2, 0.25) is 5.91 Å². The Hall–Kier alpha value is -2.04. The number of carbonyl (C=O) groups excluding carboxylic acids is 2. The fourth-order valence-electron chi connectivity index (χ4n) is 3.31. The minimum Gasteiger partial charge on any atom is -0.444 e. The van der Waals surface area contributed by atoms with Crippen molar-refractivity contribution in [1.29, 1.82) is 0 Å². The number of rotatable bonds is 4.